The number of rotatable bonds is 8. The topological polar surface area (TPSA) is 87.2 Å². The molecule has 0 saturated carbocycles. The average Bonchev–Trinajstić information content (AvgIpc) is 3.18. The summed E-state index contributed by atoms with van der Waals surface area (Å²) in [5, 5.41) is 10.4. The maximum Gasteiger partial charge on any atom is 0.238 e. The molecule has 2 N–H and O–H groups in total. The molecule has 7 heteroatoms. The van der Waals surface area contributed by atoms with E-state index in [4.69, 9.17) is 15.0 Å². The molecule has 4 aromatic rings. The second-order valence-corrected chi connectivity index (χ2v) is 9.40. The summed E-state index contributed by atoms with van der Waals surface area (Å²) in [4.78, 5) is 0.0517. The van der Waals surface area contributed by atoms with Gasteiger partial charge in [0.05, 0.1) is 23.8 Å². The SMILES string of the molecule is CCn1nc(-c2ccccc2S(N)(=O)=O)c(-c2ccc(C)cc2)c1COCc1ccccc1. The molecule has 0 bridgehead atoms. The highest BCUT2D eigenvalue weighted by Crippen LogP contribution is 2.37. The van der Waals surface area contributed by atoms with Crippen LogP contribution in [-0.4, -0.2) is 18.2 Å². The van der Waals surface area contributed by atoms with Gasteiger partial charge in [0.1, 0.15) is 5.69 Å². The predicted molar refractivity (Wildman–Crippen MR) is 130 cm³/mol. The van der Waals surface area contributed by atoms with Gasteiger partial charge < -0.3 is 4.74 Å². The lowest BCUT2D eigenvalue weighted by molar-refractivity contribution is 0.102. The summed E-state index contributed by atoms with van der Waals surface area (Å²) >= 11 is 0. The van der Waals surface area contributed by atoms with Crippen LogP contribution >= 0.6 is 0 Å². The van der Waals surface area contributed by atoms with Gasteiger partial charge >= 0.3 is 0 Å². The van der Waals surface area contributed by atoms with Gasteiger partial charge in [-0.25, -0.2) is 13.6 Å². The molecule has 3 aromatic carbocycles. The van der Waals surface area contributed by atoms with Crippen molar-refractivity contribution in [3.63, 3.8) is 0 Å². The zero-order chi connectivity index (χ0) is 23.4. The molecule has 1 heterocycles. The van der Waals surface area contributed by atoms with E-state index in [2.05, 4.69) is 0 Å². The fourth-order valence-electron chi connectivity index (χ4n) is 3.87. The first-order chi connectivity index (χ1) is 15.9. The first kappa shape index (κ1) is 22.9. The van der Waals surface area contributed by atoms with Gasteiger partial charge in [-0.3, -0.25) is 4.68 Å². The fraction of sp³-hybridized carbons (Fsp3) is 0.192. The largest absolute Gasteiger partial charge is 0.370 e. The predicted octanol–water partition coefficient (Wildman–Crippen LogP) is 4.91. The highest BCUT2D eigenvalue weighted by Gasteiger charge is 2.24. The number of benzene rings is 3. The van der Waals surface area contributed by atoms with Crippen LogP contribution in [0.3, 0.4) is 0 Å². The minimum atomic E-state index is -3.93. The van der Waals surface area contributed by atoms with Crippen molar-refractivity contribution in [1.29, 1.82) is 0 Å². The van der Waals surface area contributed by atoms with E-state index >= 15 is 0 Å². The molecule has 0 amide bonds. The summed E-state index contributed by atoms with van der Waals surface area (Å²) in [5.74, 6) is 0. The summed E-state index contributed by atoms with van der Waals surface area (Å²) < 4.78 is 32.6. The maximum absolute atomic E-state index is 12.3. The van der Waals surface area contributed by atoms with Crippen LogP contribution in [0.5, 0.6) is 0 Å². The lowest BCUT2D eigenvalue weighted by Crippen LogP contribution is -2.13. The Kier molecular flexibility index (Phi) is 6.74. The van der Waals surface area contributed by atoms with E-state index in [1.54, 1.807) is 18.2 Å². The number of aromatic nitrogens is 2. The Morgan fingerprint density at radius 2 is 1.58 bits per heavy atom. The minimum absolute atomic E-state index is 0.0517. The standard InChI is InChI=1S/C26H27N3O3S/c1-3-29-23(18-32-17-20-9-5-4-6-10-20)25(21-15-13-19(2)14-16-21)26(28-29)22-11-7-8-12-24(22)33(27,30)31/h4-16H,3,17-18H2,1-2H3,(H2,27,30,31). The highest BCUT2D eigenvalue weighted by atomic mass is 32.2. The van der Waals surface area contributed by atoms with E-state index in [1.807, 2.05) is 73.1 Å². The van der Waals surface area contributed by atoms with Crippen molar-refractivity contribution in [1.82, 2.24) is 9.78 Å². The lowest BCUT2D eigenvalue weighted by Gasteiger charge is -2.11. The maximum atomic E-state index is 12.3. The normalized spacial score (nSPS) is 11.6. The van der Waals surface area contributed by atoms with E-state index in [9.17, 15) is 8.42 Å². The molecule has 33 heavy (non-hydrogen) atoms. The van der Waals surface area contributed by atoms with E-state index in [1.165, 1.54) is 6.07 Å². The van der Waals surface area contributed by atoms with Crippen LogP contribution in [0.1, 0.15) is 23.7 Å². The first-order valence-electron chi connectivity index (χ1n) is 10.8. The summed E-state index contributed by atoms with van der Waals surface area (Å²) in [6, 6.07) is 24.8. The number of hydrogen-bond acceptors (Lipinski definition) is 4. The first-order valence-corrected chi connectivity index (χ1v) is 12.3. The Labute approximate surface area is 194 Å². The number of sulfonamides is 1. The Morgan fingerprint density at radius 3 is 2.24 bits per heavy atom. The minimum Gasteiger partial charge on any atom is -0.370 e. The summed E-state index contributed by atoms with van der Waals surface area (Å²) in [6.07, 6.45) is 0. The number of aryl methyl sites for hydroxylation is 2. The van der Waals surface area contributed by atoms with Gasteiger partial charge in [0.2, 0.25) is 10.0 Å². The molecule has 0 atom stereocenters. The molecule has 0 spiro atoms. The van der Waals surface area contributed by atoms with Crippen LogP contribution in [0.4, 0.5) is 0 Å². The monoisotopic (exact) mass is 461 g/mol. The number of nitrogens with two attached hydrogens (primary N) is 1. The molecule has 0 unspecified atom stereocenters. The summed E-state index contributed by atoms with van der Waals surface area (Å²) in [5.41, 5.74) is 5.94. The zero-order valence-electron chi connectivity index (χ0n) is 18.7. The molecule has 4 rings (SSSR count). The van der Waals surface area contributed by atoms with E-state index < -0.39 is 10.0 Å². The van der Waals surface area contributed by atoms with Crippen molar-refractivity contribution >= 4 is 10.0 Å². The van der Waals surface area contributed by atoms with E-state index in [-0.39, 0.29) is 4.90 Å². The third-order valence-corrected chi connectivity index (χ3v) is 6.47. The van der Waals surface area contributed by atoms with Crippen molar-refractivity contribution in [3.05, 3.63) is 95.7 Å². The Bertz CT molecular complexity index is 1350. The molecule has 1 aromatic heterocycles. The quantitative estimate of drug-likeness (QED) is 0.404. The van der Waals surface area contributed by atoms with Crippen LogP contribution in [0, 0.1) is 6.92 Å². The number of hydrogen-bond donors (Lipinski definition) is 1. The van der Waals surface area contributed by atoms with Crippen LogP contribution in [0.15, 0.2) is 83.8 Å². The Balaban J connectivity index is 1.85. The van der Waals surface area contributed by atoms with Gasteiger partial charge in [-0.05, 0) is 31.0 Å². The van der Waals surface area contributed by atoms with Crippen molar-refractivity contribution in [2.45, 2.75) is 38.5 Å². The molecule has 6 nitrogen and oxygen atoms in total. The zero-order valence-corrected chi connectivity index (χ0v) is 19.5. The van der Waals surface area contributed by atoms with Crippen LogP contribution < -0.4 is 5.14 Å². The van der Waals surface area contributed by atoms with Gasteiger partial charge in [-0.15, -0.1) is 0 Å². The molecule has 170 valence electrons. The Morgan fingerprint density at radius 1 is 0.909 bits per heavy atom. The Hall–Kier alpha value is -3.26. The molecule has 0 radical (unpaired) electrons. The average molecular weight is 462 g/mol. The third-order valence-electron chi connectivity index (χ3n) is 5.50. The van der Waals surface area contributed by atoms with Crippen molar-refractivity contribution in [2.24, 2.45) is 5.14 Å². The summed E-state index contributed by atoms with van der Waals surface area (Å²) in [6.45, 7) is 5.44. The highest BCUT2D eigenvalue weighted by molar-refractivity contribution is 7.89. The number of ether oxygens (including phenoxy) is 1. The van der Waals surface area contributed by atoms with Crippen molar-refractivity contribution < 1.29 is 13.2 Å². The smallest absolute Gasteiger partial charge is 0.238 e. The van der Waals surface area contributed by atoms with Crippen molar-refractivity contribution in [3.8, 4) is 22.4 Å². The van der Waals surface area contributed by atoms with Crippen LogP contribution in [-0.2, 0) is 34.5 Å². The molecule has 0 aliphatic heterocycles. The van der Waals surface area contributed by atoms with Gasteiger partial charge in [0.25, 0.3) is 0 Å². The van der Waals surface area contributed by atoms with Gasteiger partial charge in [-0.2, -0.15) is 5.10 Å². The lowest BCUT2D eigenvalue weighted by atomic mass is 9.98. The van der Waals surface area contributed by atoms with Gasteiger partial charge in [-0.1, -0.05) is 78.4 Å². The van der Waals surface area contributed by atoms with E-state index in [0.717, 1.165) is 27.9 Å². The van der Waals surface area contributed by atoms with Gasteiger partial charge in [0, 0.05) is 17.7 Å². The molecule has 0 aliphatic rings. The van der Waals surface area contributed by atoms with Crippen LogP contribution in [0.25, 0.3) is 22.4 Å². The van der Waals surface area contributed by atoms with E-state index in [0.29, 0.717) is 31.0 Å². The van der Waals surface area contributed by atoms with Crippen molar-refractivity contribution in [2.75, 3.05) is 0 Å². The summed E-state index contributed by atoms with van der Waals surface area (Å²) in [7, 11) is -3.93. The molecular weight excluding hydrogens is 434 g/mol. The van der Waals surface area contributed by atoms with Gasteiger partial charge in [0.15, 0.2) is 0 Å². The number of primary sulfonamides is 1. The number of nitrogens with zero attached hydrogens (tertiary/aromatic N) is 2. The molecular formula is C26H27N3O3S. The second kappa shape index (κ2) is 9.70. The molecule has 0 fully saturated rings. The second-order valence-electron chi connectivity index (χ2n) is 7.87. The fourth-order valence-corrected chi connectivity index (χ4v) is 4.61. The molecule has 0 saturated heterocycles. The van der Waals surface area contributed by atoms with Crippen LogP contribution in [0.2, 0.25) is 0 Å². The molecule has 0 aliphatic carbocycles. The third kappa shape index (κ3) is 5.06.